The fourth-order valence-electron chi connectivity index (χ4n) is 1.90. The Hall–Kier alpha value is -1.48. The molecule has 6 N–H and O–H groups in total. The first-order valence-electron chi connectivity index (χ1n) is 5.38. The van der Waals surface area contributed by atoms with Gasteiger partial charge in [-0.3, -0.25) is 14.3 Å². The summed E-state index contributed by atoms with van der Waals surface area (Å²) in [5, 5.41) is 9.64. The summed E-state index contributed by atoms with van der Waals surface area (Å²) in [6.45, 7) is 1.79. The quantitative estimate of drug-likeness (QED) is 0.544. The molecule has 3 atom stereocenters. The van der Waals surface area contributed by atoms with E-state index in [0.29, 0.717) is 5.56 Å². The van der Waals surface area contributed by atoms with Gasteiger partial charge in [-0.25, -0.2) is 4.79 Å². The maximum absolute atomic E-state index is 11.6. The second-order valence-electron chi connectivity index (χ2n) is 4.15. The standard InChI is InChI=1S/C10H15N3O4.H2O/c1-5-4-13(10(16)12-9(5)15)8-2-6(14)7(3-11)17-8;/h4,6-8,14H,2-3,11H2,1H3,(H,12,15,16);1H2/t6-,7+,8+;/m0./s1. The minimum Gasteiger partial charge on any atom is -0.412 e. The van der Waals surface area contributed by atoms with E-state index in [-0.39, 0.29) is 18.4 Å². The number of nitrogens with zero attached hydrogens (tertiary/aromatic N) is 1. The van der Waals surface area contributed by atoms with Gasteiger partial charge in [-0.05, 0) is 6.92 Å². The van der Waals surface area contributed by atoms with Gasteiger partial charge in [-0.15, -0.1) is 0 Å². The van der Waals surface area contributed by atoms with Gasteiger partial charge in [-0.2, -0.15) is 0 Å². The maximum atomic E-state index is 11.6. The van der Waals surface area contributed by atoms with Crippen molar-refractivity contribution in [1.82, 2.24) is 9.55 Å². The summed E-state index contributed by atoms with van der Waals surface area (Å²) >= 11 is 0. The average Bonchev–Trinajstić information content (AvgIpc) is 2.65. The molecule has 0 radical (unpaired) electrons. The third-order valence-electron chi connectivity index (χ3n) is 2.89. The topological polar surface area (TPSA) is 142 Å². The third kappa shape index (κ3) is 2.51. The molecule has 8 nitrogen and oxygen atoms in total. The van der Waals surface area contributed by atoms with E-state index in [1.807, 2.05) is 0 Å². The van der Waals surface area contributed by atoms with E-state index in [1.54, 1.807) is 6.92 Å². The monoisotopic (exact) mass is 259 g/mol. The zero-order valence-corrected chi connectivity index (χ0v) is 9.92. The Morgan fingerprint density at radius 1 is 1.61 bits per heavy atom. The van der Waals surface area contributed by atoms with Crippen LogP contribution in [0, 0.1) is 6.92 Å². The van der Waals surface area contributed by atoms with Crippen molar-refractivity contribution >= 4 is 0 Å². The zero-order valence-electron chi connectivity index (χ0n) is 9.92. The number of aromatic amines is 1. The van der Waals surface area contributed by atoms with E-state index in [1.165, 1.54) is 10.8 Å². The lowest BCUT2D eigenvalue weighted by Gasteiger charge is -2.14. The third-order valence-corrected chi connectivity index (χ3v) is 2.89. The predicted octanol–water partition coefficient (Wildman–Crippen LogP) is -2.37. The van der Waals surface area contributed by atoms with Crippen LogP contribution in [0.1, 0.15) is 18.2 Å². The van der Waals surface area contributed by atoms with Crippen LogP contribution in [0.5, 0.6) is 0 Å². The summed E-state index contributed by atoms with van der Waals surface area (Å²) in [6.07, 6.45) is -0.0325. The first kappa shape index (κ1) is 14.6. The molecule has 0 amide bonds. The first-order chi connectivity index (χ1) is 8.02. The Morgan fingerprint density at radius 2 is 2.28 bits per heavy atom. The van der Waals surface area contributed by atoms with Crippen molar-refractivity contribution < 1.29 is 15.3 Å². The zero-order chi connectivity index (χ0) is 12.6. The van der Waals surface area contributed by atoms with Crippen molar-refractivity contribution in [3.63, 3.8) is 0 Å². The molecule has 1 saturated heterocycles. The Bertz CT molecular complexity index is 523. The second kappa shape index (κ2) is 5.44. The molecule has 18 heavy (non-hydrogen) atoms. The number of hydrogen-bond donors (Lipinski definition) is 3. The number of nitrogens with two attached hydrogens (primary N) is 1. The molecule has 0 aliphatic carbocycles. The molecule has 8 heteroatoms. The van der Waals surface area contributed by atoms with Gasteiger partial charge < -0.3 is 21.1 Å². The van der Waals surface area contributed by atoms with Crippen LogP contribution in [0.4, 0.5) is 0 Å². The van der Waals surface area contributed by atoms with Gasteiger partial charge >= 0.3 is 5.69 Å². The number of aliphatic hydroxyl groups excluding tert-OH is 1. The highest BCUT2D eigenvalue weighted by Gasteiger charge is 2.34. The largest absolute Gasteiger partial charge is 0.412 e. The number of hydrogen-bond acceptors (Lipinski definition) is 5. The molecule has 1 aliphatic rings. The normalized spacial score (nSPS) is 26.9. The SMILES string of the molecule is Cc1cn([C@H]2C[C@H](O)[C@@H](CN)O2)c(=O)[nH]c1=O.O. The van der Waals surface area contributed by atoms with Crippen LogP contribution in [0.3, 0.4) is 0 Å². The van der Waals surface area contributed by atoms with Crippen LogP contribution >= 0.6 is 0 Å². The Balaban J connectivity index is 0.00000162. The molecule has 1 fully saturated rings. The van der Waals surface area contributed by atoms with Crippen molar-refractivity contribution in [3.05, 3.63) is 32.6 Å². The molecule has 2 heterocycles. The van der Waals surface area contributed by atoms with Crippen molar-refractivity contribution in [2.24, 2.45) is 5.73 Å². The number of aromatic nitrogens is 2. The minimum absolute atomic E-state index is 0. The Labute approximate surface area is 102 Å². The highest BCUT2D eigenvalue weighted by molar-refractivity contribution is 5.02. The number of rotatable bonds is 2. The van der Waals surface area contributed by atoms with Crippen molar-refractivity contribution in [1.29, 1.82) is 0 Å². The van der Waals surface area contributed by atoms with E-state index in [4.69, 9.17) is 10.5 Å². The molecule has 1 aliphatic heterocycles. The van der Waals surface area contributed by atoms with Gasteiger partial charge in [0.1, 0.15) is 6.23 Å². The summed E-state index contributed by atoms with van der Waals surface area (Å²) in [6, 6.07) is 0. The summed E-state index contributed by atoms with van der Waals surface area (Å²) in [5.41, 5.74) is 4.88. The van der Waals surface area contributed by atoms with Gasteiger partial charge in [0.25, 0.3) is 5.56 Å². The fourth-order valence-corrected chi connectivity index (χ4v) is 1.90. The van der Waals surface area contributed by atoms with Crippen molar-refractivity contribution in [2.45, 2.75) is 31.8 Å². The van der Waals surface area contributed by atoms with Crippen LogP contribution in [0.15, 0.2) is 15.8 Å². The molecule has 1 aromatic heterocycles. The lowest BCUT2D eigenvalue weighted by atomic mass is 10.2. The average molecular weight is 259 g/mol. The number of nitrogens with one attached hydrogen (secondary N) is 1. The number of aliphatic hydroxyl groups is 1. The number of ether oxygens (including phenoxy) is 1. The maximum Gasteiger partial charge on any atom is 0.330 e. The summed E-state index contributed by atoms with van der Waals surface area (Å²) in [5.74, 6) is 0. The van der Waals surface area contributed by atoms with Crippen molar-refractivity contribution in [2.75, 3.05) is 6.54 Å². The molecule has 1 aromatic rings. The van der Waals surface area contributed by atoms with Gasteiger partial charge in [0, 0.05) is 24.7 Å². The minimum atomic E-state index is -0.691. The van der Waals surface area contributed by atoms with E-state index in [9.17, 15) is 14.7 Å². The molecule has 2 rings (SSSR count). The molecule has 0 bridgehead atoms. The van der Waals surface area contributed by atoms with Crippen LogP contribution in [0.2, 0.25) is 0 Å². The van der Waals surface area contributed by atoms with E-state index >= 15 is 0 Å². The molecule has 0 spiro atoms. The van der Waals surface area contributed by atoms with Crippen LogP contribution < -0.4 is 17.0 Å². The van der Waals surface area contributed by atoms with Crippen LogP contribution in [-0.4, -0.2) is 38.9 Å². The lowest BCUT2D eigenvalue weighted by molar-refractivity contribution is -0.0152. The summed E-state index contributed by atoms with van der Waals surface area (Å²) in [4.78, 5) is 25.0. The van der Waals surface area contributed by atoms with Gasteiger partial charge in [0.15, 0.2) is 0 Å². The highest BCUT2D eigenvalue weighted by atomic mass is 16.5. The molecule has 0 unspecified atom stereocenters. The number of aryl methyl sites for hydroxylation is 1. The van der Waals surface area contributed by atoms with Crippen LogP contribution in [-0.2, 0) is 4.74 Å². The van der Waals surface area contributed by atoms with Gasteiger partial charge in [0.05, 0.1) is 12.2 Å². The first-order valence-corrected chi connectivity index (χ1v) is 5.38. The Morgan fingerprint density at radius 3 is 2.83 bits per heavy atom. The van der Waals surface area contributed by atoms with Gasteiger partial charge in [0.2, 0.25) is 0 Å². The smallest absolute Gasteiger partial charge is 0.330 e. The Kier molecular flexibility index (Phi) is 4.41. The van der Waals surface area contributed by atoms with Gasteiger partial charge in [-0.1, -0.05) is 0 Å². The second-order valence-corrected chi connectivity index (χ2v) is 4.15. The number of H-pyrrole nitrogens is 1. The molecule has 102 valence electrons. The summed E-state index contributed by atoms with van der Waals surface area (Å²) < 4.78 is 6.72. The van der Waals surface area contributed by atoms with E-state index < -0.39 is 29.7 Å². The van der Waals surface area contributed by atoms with Crippen molar-refractivity contribution in [3.8, 4) is 0 Å². The summed E-state index contributed by atoms with van der Waals surface area (Å²) in [7, 11) is 0. The fraction of sp³-hybridized carbons (Fsp3) is 0.600. The predicted molar refractivity (Wildman–Crippen MR) is 63.3 cm³/mol. The van der Waals surface area contributed by atoms with E-state index in [2.05, 4.69) is 4.98 Å². The highest BCUT2D eigenvalue weighted by Crippen LogP contribution is 2.26. The molecule has 0 saturated carbocycles. The molecular formula is C10H17N3O5. The van der Waals surface area contributed by atoms with E-state index in [0.717, 1.165) is 0 Å². The lowest BCUT2D eigenvalue weighted by Crippen LogP contribution is -2.33. The molecular weight excluding hydrogens is 242 g/mol. The van der Waals surface area contributed by atoms with Crippen LogP contribution in [0.25, 0.3) is 0 Å². The molecule has 0 aromatic carbocycles.